The Morgan fingerprint density at radius 2 is 1.77 bits per heavy atom. The minimum atomic E-state index is -3.75. The number of likely N-dealkylation sites (tertiary alicyclic amines) is 1. The number of sulfonamides is 1. The Morgan fingerprint density at radius 1 is 1.07 bits per heavy atom. The number of ether oxygens (including phenoxy) is 1. The smallest absolute Gasteiger partial charge is 0.254 e. The molecule has 3 fully saturated rings. The molecule has 1 aromatic carbocycles. The zero-order valence-corrected chi connectivity index (χ0v) is 18.9. The molecule has 3 aliphatic rings. The molecule has 1 N–H and O–H groups in total. The molecule has 30 heavy (non-hydrogen) atoms. The SMILES string of the molecule is COc1ccc(C(=O)N2CC[C@H](C)[C@H]3CCCC[C@H]32)cc1S(=O)(=O)NC1CCCC1. The lowest BCUT2D eigenvalue weighted by Crippen LogP contribution is -2.52. The van der Waals surface area contributed by atoms with E-state index < -0.39 is 10.0 Å². The zero-order chi connectivity index (χ0) is 21.3. The highest BCUT2D eigenvalue weighted by atomic mass is 32.2. The number of nitrogens with zero attached hydrogens (tertiary/aromatic N) is 1. The summed E-state index contributed by atoms with van der Waals surface area (Å²) in [4.78, 5) is 15.5. The van der Waals surface area contributed by atoms with E-state index >= 15 is 0 Å². The van der Waals surface area contributed by atoms with E-state index in [0.717, 1.165) is 51.5 Å². The number of nitrogens with one attached hydrogen (secondary N) is 1. The van der Waals surface area contributed by atoms with Crippen molar-refractivity contribution in [1.82, 2.24) is 9.62 Å². The molecule has 1 heterocycles. The third-order valence-electron chi connectivity index (χ3n) is 7.38. The zero-order valence-electron chi connectivity index (χ0n) is 18.1. The molecule has 0 radical (unpaired) electrons. The number of rotatable bonds is 5. The number of piperidine rings is 1. The van der Waals surface area contributed by atoms with Gasteiger partial charge >= 0.3 is 0 Å². The number of hydrogen-bond acceptors (Lipinski definition) is 4. The standard InChI is InChI=1S/C23H34N2O4S/c1-16-13-14-25(20-10-6-5-9-19(16)20)23(26)17-11-12-21(29-2)22(15-17)30(27,28)24-18-7-3-4-8-18/h11-12,15-16,18-20,24H,3-10,13-14H2,1-2H3/t16-,19+,20+/m0/s1. The number of hydrogen-bond donors (Lipinski definition) is 1. The van der Waals surface area contributed by atoms with Crippen molar-refractivity contribution in [3.8, 4) is 5.75 Å². The third kappa shape index (κ3) is 4.24. The van der Waals surface area contributed by atoms with Crippen LogP contribution in [0.1, 0.15) is 75.1 Å². The Morgan fingerprint density at radius 3 is 2.50 bits per heavy atom. The van der Waals surface area contributed by atoms with E-state index in [4.69, 9.17) is 4.74 Å². The van der Waals surface area contributed by atoms with Crippen molar-refractivity contribution in [2.75, 3.05) is 13.7 Å². The predicted octanol–water partition coefficient (Wildman–Crippen LogP) is 3.96. The van der Waals surface area contributed by atoms with Crippen LogP contribution in [0.3, 0.4) is 0 Å². The summed E-state index contributed by atoms with van der Waals surface area (Å²) in [5.41, 5.74) is 0.432. The van der Waals surface area contributed by atoms with Crippen LogP contribution in [0, 0.1) is 11.8 Å². The van der Waals surface area contributed by atoms with Crippen LogP contribution in [0.25, 0.3) is 0 Å². The number of methoxy groups -OCH3 is 1. The van der Waals surface area contributed by atoms with Crippen LogP contribution in [0.4, 0.5) is 0 Å². The van der Waals surface area contributed by atoms with E-state index in [9.17, 15) is 13.2 Å². The average Bonchev–Trinajstić information content (AvgIpc) is 3.25. The Balaban J connectivity index is 1.61. The molecule has 6 nitrogen and oxygen atoms in total. The second kappa shape index (κ2) is 8.87. The first-order chi connectivity index (χ1) is 14.4. The van der Waals surface area contributed by atoms with E-state index in [2.05, 4.69) is 11.6 Å². The first-order valence-electron chi connectivity index (χ1n) is 11.4. The highest BCUT2D eigenvalue weighted by Gasteiger charge is 2.40. The van der Waals surface area contributed by atoms with Gasteiger partial charge in [0.25, 0.3) is 5.91 Å². The number of benzene rings is 1. The maximum absolute atomic E-state index is 13.5. The van der Waals surface area contributed by atoms with Crippen LogP contribution in [-0.4, -0.2) is 45.0 Å². The van der Waals surface area contributed by atoms with Crippen molar-refractivity contribution in [1.29, 1.82) is 0 Å². The first-order valence-corrected chi connectivity index (χ1v) is 12.9. The van der Waals surface area contributed by atoms with Crippen molar-refractivity contribution in [2.24, 2.45) is 11.8 Å². The van der Waals surface area contributed by atoms with E-state index in [-0.39, 0.29) is 28.6 Å². The Bertz CT molecular complexity index is 879. The molecule has 166 valence electrons. The molecule has 1 saturated heterocycles. The molecular weight excluding hydrogens is 400 g/mol. The second-order valence-electron chi connectivity index (χ2n) is 9.25. The molecule has 3 atom stereocenters. The molecule has 0 aromatic heterocycles. The molecule has 1 aliphatic heterocycles. The Labute approximate surface area is 180 Å². The molecule has 0 unspecified atom stereocenters. The van der Waals surface area contributed by atoms with Gasteiger partial charge in [0.1, 0.15) is 10.6 Å². The van der Waals surface area contributed by atoms with Crippen molar-refractivity contribution in [3.63, 3.8) is 0 Å². The summed E-state index contributed by atoms with van der Waals surface area (Å²) < 4.78 is 34.3. The minimum Gasteiger partial charge on any atom is -0.495 e. The third-order valence-corrected chi connectivity index (χ3v) is 8.92. The normalized spacial score (nSPS) is 27.7. The molecule has 2 saturated carbocycles. The minimum absolute atomic E-state index is 0.0364. The molecule has 0 spiro atoms. The van der Waals surface area contributed by atoms with Gasteiger partial charge in [0.15, 0.2) is 0 Å². The van der Waals surface area contributed by atoms with Crippen molar-refractivity contribution in [3.05, 3.63) is 23.8 Å². The van der Waals surface area contributed by atoms with Crippen LogP contribution >= 0.6 is 0 Å². The molecular formula is C23H34N2O4S. The predicted molar refractivity (Wildman–Crippen MR) is 116 cm³/mol. The lowest BCUT2D eigenvalue weighted by molar-refractivity contribution is 0.0217. The lowest BCUT2D eigenvalue weighted by atomic mass is 9.72. The molecule has 7 heteroatoms. The van der Waals surface area contributed by atoms with E-state index in [1.165, 1.54) is 26.0 Å². The van der Waals surface area contributed by atoms with Gasteiger partial charge in [-0.2, -0.15) is 0 Å². The van der Waals surface area contributed by atoms with Gasteiger partial charge in [0.2, 0.25) is 10.0 Å². The second-order valence-corrected chi connectivity index (χ2v) is 10.9. The average molecular weight is 435 g/mol. The van der Waals surface area contributed by atoms with Crippen LogP contribution in [0.15, 0.2) is 23.1 Å². The fourth-order valence-electron chi connectivity index (χ4n) is 5.68. The van der Waals surface area contributed by atoms with Crippen molar-refractivity contribution < 1.29 is 17.9 Å². The van der Waals surface area contributed by atoms with Gasteiger partial charge in [-0.05, 0) is 62.1 Å². The van der Waals surface area contributed by atoms with Crippen molar-refractivity contribution >= 4 is 15.9 Å². The monoisotopic (exact) mass is 434 g/mol. The summed E-state index contributed by atoms with van der Waals surface area (Å²) in [5, 5.41) is 0. The summed E-state index contributed by atoms with van der Waals surface area (Å²) >= 11 is 0. The summed E-state index contributed by atoms with van der Waals surface area (Å²) in [7, 11) is -2.29. The Kier molecular flexibility index (Phi) is 6.39. The van der Waals surface area contributed by atoms with Gasteiger partial charge in [0, 0.05) is 24.2 Å². The van der Waals surface area contributed by atoms with E-state index in [0.29, 0.717) is 17.4 Å². The molecule has 1 aromatic rings. The van der Waals surface area contributed by atoms with Crippen LogP contribution in [0.2, 0.25) is 0 Å². The molecule has 4 rings (SSSR count). The molecule has 2 aliphatic carbocycles. The number of amides is 1. The van der Waals surface area contributed by atoms with Crippen LogP contribution in [-0.2, 0) is 10.0 Å². The van der Waals surface area contributed by atoms with Gasteiger partial charge in [-0.25, -0.2) is 13.1 Å². The summed E-state index contributed by atoms with van der Waals surface area (Å²) in [6.45, 7) is 3.05. The maximum atomic E-state index is 13.5. The topological polar surface area (TPSA) is 75.7 Å². The number of carbonyl (C=O) groups excluding carboxylic acids is 1. The number of fused-ring (bicyclic) bond motifs is 1. The van der Waals surface area contributed by atoms with Gasteiger partial charge in [-0.3, -0.25) is 4.79 Å². The molecule has 1 amide bonds. The van der Waals surface area contributed by atoms with Gasteiger partial charge < -0.3 is 9.64 Å². The Hall–Kier alpha value is -1.60. The fourth-order valence-corrected chi connectivity index (χ4v) is 7.18. The lowest BCUT2D eigenvalue weighted by Gasteiger charge is -2.47. The van der Waals surface area contributed by atoms with Crippen LogP contribution < -0.4 is 9.46 Å². The largest absolute Gasteiger partial charge is 0.495 e. The van der Waals surface area contributed by atoms with Crippen molar-refractivity contribution in [2.45, 2.75) is 81.7 Å². The van der Waals surface area contributed by atoms with Gasteiger partial charge in [-0.15, -0.1) is 0 Å². The highest BCUT2D eigenvalue weighted by Crippen LogP contribution is 2.39. The van der Waals surface area contributed by atoms with E-state index in [1.807, 2.05) is 4.90 Å². The first kappa shape index (κ1) is 21.6. The molecule has 0 bridgehead atoms. The van der Waals surface area contributed by atoms with Gasteiger partial charge in [0.05, 0.1) is 7.11 Å². The van der Waals surface area contributed by atoms with Crippen LogP contribution in [0.5, 0.6) is 5.75 Å². The quantitative estimate of drug-likeness (QED) is 0.761. The maximum Gasteiger partial charge on any atom is 0.254 e. The summed E-state index contributed by atoms with van der Waals surface area (Å²) in [6, 6.07) is 5.06. The van der Waals surface area contributed by atoms with Gasteiger partial charge in [-0.1, -0.05) is 32.6 Å². The highest BCUT2D eigenvalue weighted by molar-refractivity contribution is 7.89. The summed E-state index contributed by atoms with van der Waals surface area (Å²) in [6.07, 6.45) is 9.43. The fraction of sp³-hybridized carbons (Fsp3) is 0.696. The summed E-state index contributed by atoms with van der Waals surface area (Å²) in [5.74, 6) is 1.42. The van der Waals surface area contributed by atoms with E-state index in [1.54, 1.807) is 12.1 Å². The number of carbonyl (C=O) groups is 1.